The Kier molecular flexibility index (Phi) is 3.62. The molecular weight excluding hydrogens is 264 g/mol. The number of nitrogens with one attached hydrogen (secondary N) is 1. The number of anilines is 1. The lowest BCUT2D eigenvalue weighted by molar-refractivity contribution is -0.121. The maximum atomic E-state index is 12.9. The molecule has 0 atom stereocenters. The first-order chi connectivity index (χ1) is 7.62. The van der Waals surface area contributed by atoms with Gasteiger partial charge in [-0.2, -0.15) is 13.2 Å². The Labute approximate surface area is 94.5 Å². The average Bonchev–Trinajstić information content (AvgIpc) is 2.18. The zero-order valence-electron chi connectivity index (χ0n) is 8.25. The zero-order valence-corrected chi connectivity index (χ0v) is 9.07. The van der Waals surface area contributed by atoms with E-state index in [9.17, 15) is 26.0 Å². The fourth-order valence-electron chi connectivity index (χ4n) is 0.935. The molecule has 17 heavy (non-hydrogen) atoms. The van der Waals surface area contributed by atoms with Crippen molar-refractivity contribution in [2.45, 2.75) is 11.1 Å². The van der Waals surface area contributed by atoms with Crippen LogP contribution in [0, 0.1) is 5.82 Å². The van der Waals surface area contributed by atoms with Gasteiger partial charge in [0.2, 0.25) is 10.0 Å². The normalized spacial score (nSPS) is 12.7. The van der Waals surface area contributed by atoms with Crippen LogP contribution in [0.2, 0.25) is 0 Å². The number of sulfonamides is 1. The maximum Gasteiger partial charge on any atom is 0.402 e. The molecule has 0 aliphatic rings. The molecule has 0 fully saturated rings. The summed E-state index contributed by atoms with van der Waals surface area (Å²) >= 11 is 0. The van der Waals surface area contributed by atoms with Gasteiger partial charge in [0.05, 0.1) is 10.6 Å². The molecule has 9 heteroatoms. The second-order valence-electron chi connectivity index (χ2n) is 3.12. The van der Waals surface area contributed by atoms with Crippen molar-refractivity contribution in [3.8, 4) is 0 Å². The summed E-state index contributed by atoms with van der Waals surface area (Å²) in [4.78, 5) is -0.617. The van der Waals surface area contributed by atoms with Crippen LogP contribution in [-0.4, -0.2) is 21.1 Å². The van der Waals surface area contributed by atoms with Gasteiger partial charge in [-0.25, -0.2) is 17.5 Å². The Morgan fingerprint density at radius 3 is 2.35 bits per heavy atom. The van der Waals surface area contributed by atoms with Crippen molar-refractivity contribution >= 4 is 15.7 Å². The summed E-state index contributed by atoms with van der Waals surface area (Å²) in [7, 11) is -4.40. The molecule has 0 aromatic heterocycles. The van der Waals surface area contributed by atoms with Gasteiger partial charge in [-0.3, -0.25) is 0 Å². The third-order valence-electron chi connectivity index (χ3n) is 1.74. The first-order valence-corrected chi connectivity index (χ1v) is 5.71. The Morgan fingerprint density at radius 1 is 1.29 bits per heavy atom. The quantitative estimate of drug-likeness (QED) is 0.642. The molecule has 0 bridgehead atoms. The monoisotopic (exact) mass is 272 g/mol. The molecule has 0 unspecified atom stereocenters. The largest absolute Gasteiger partial charge is 0.402 e. The first-order valence-electron chi connectivity index (χ1n) is 4.23. The van der Waals surface area contributed by atoms with Gasteiger partial charge in [-0.15, -0.1) is 0 Å². The topological polar surface area (TPSA) is 72.2 Å². The predicted molar refractivity (Wildman–Crippen MR) is 52.1 cm³/mol. The highest BCUT2D eigenvalue weighted by Gasteiger charge is 2.30. The summed E-state index contributed by atoms with van der Waals surface area (Å²) < 4.78 is 72.4. The number of hydrogen-bond acceptors (Lipinski definition) is 3. The summed E-state index contributed by atoms with van der Waals surface area (Å²) in [6.45, 7) is -1.72. The van der Waals surface area contributed by atoms with Crippen LogP contribution in [-0.2, 0) is 10.0 Å². The second kappa shape index (κ2) is 4.49. The summed E-state index contributed by atoms with van der Waals surface area (Å²) in [5, 5.41) is 0. The molecule has 1 aromatic carbocycles. The molecule has 0 saturated heterocycles. The van der Waals surface area contributed by atoms with Crippen molar-refractivity contribution in [1.82, 2.24) is 4.72 Å². The van der Waals surface area contributed by atoms with Crippen molar-refractivity contribution < 1.29 is 26.0 Å². The minimum atomic E-state index is -4.68. The summed E-state index contributed by atoms with van der Waals surface area (Å²) in [6.07, 6.45) is -4.68. The summed E-state index contributed by atoms with van der Waals surface area (Å²) in [5.74, 6) is -1.01. The van der Waals surface area contributed by atoms with Gasteiger partial charge in [0, 0.05) is 0 Å². The lowest BCUT2D eigenvalue weighted by atomic mass is 10.3. The summed E-state index contributed by atoms with van der Waals surface area (Å²) in [5.41, 5.74) is 4.81. The van der Waals surface area contributed by atoms with Crippen LogP contribution < -0.4 is 10.5 Å². The highest BCUT2D eigenvalue weighted by Crippen LogP contribution is 2.18. The van der Waals surface area contributed by atoms with E-state index < -0.39 is 33.5 Å². The smallest absolute Gasteiger partial charge is 0.396 e. The van der Waals surface area contributed by atoms with E-state index in [0.717, 1.165) is 12.1 Å². The van der Waals surface area contributed by atoms with E-state index in [-0.39, 0.29) is 5.69 Å². The number of nitrogen functional groups attached to an aromatic ring is 1. The van der Waals surface area contributed by atoms with Gasteiger partial charge >= 0.3 is 6.18 Å². The van der Waals surface area contributed by atoms with Crippen molar-refractivity contribution in [2.75, 3.05) is 12.3 Å². The van der Waals surface area contributed by atoms with E-state index in [1.807, 2.05) is 0 Å². The SMILES string of the molecule is Nc1ccc(S(=O)(=O)NCC(F)(F)F)cc1F. The van der Waals surface area contributed by atoms with E-state index in [2.05, 4.69) is 0 Å². The zero-order chi connectivity index (χ0) is 13.3. The van der Waals surface area contributed by atoms with Crippen LogP contribution in [0.3, 0.4) is 0 Å². The number of alkyl halides is 3. The molecule has 3 N–H and O–H groups in total. The fraction of sp³-hybridized carbons (Fsp3) is 0.250. The molecule has 0 aliphatic carbocycles. The van der Waals surface area contributed by atoms with Gasteiger partial charge in [0.1, 0.15) is 12.4 Å². The number of nitrogens with two attached hydrogens (primary N) is 1. The molecule has 96 valence electrons. The second-order valence-corrected chi connectivity index (χ2v) is 4.89. The van der Waals surface area contributed by atoms with Crippen LogP contribution in [0.5, 0.6) is 0 Å². The van der Waals surface area contributed by atoms with Crippen molar-refractivity contribution in [1.29, 1.82) is 0 Å². The van der Waals surface area contributed by atoms with Crippen LogP contribution in [0.15, 0.2) is 23.1 Å². The van der Waals surface area contributed by atoms with Crippen molar-refractivity contribution in [3.05, 3.63) is 24.0 Å². The van der Waals surface area contributed by atoms with Gasteiger partial charge in [0.15, 0.2) is 0 Å². The van der Waals surface area contributed by atoms with Gasteiger partial charge < -0.3 is 5.73 Å². The molecule has 1 aromatic rings. The molecule has 0 aliphatic heterocycles. The van der Waals surface area contributed by atoms with Crippen molar-refractivity contribution in [2.24, 2.45) is 0 Å². The Bertz CT molecular complexity index is 513. The van der Waals surface area contributed by atoms with Crippen LogP contribution in [0.4, 0.5) is 23.2 Å². The lowest BCUT2D eigenvalue weighted by Gasteiger charge is -2.09. The molecule has 0 saturated carbocycles. The van der Waals surface area contributed by atoms with Crippen LogP contribution in [0.25, 0.3) is 0 Å². The Morgan fingerprint density at radius 2 is 1.88 bits per heavy atom. The molecule has 1 rings (SSSR count). The van der Waals surface area contributed by atoms with Gasteiger partial charge in [-0.05, 0) is 18.2 Å². The Hall–Kier alpha value is -1.35. The highest BCUT2D eigenvalue weighted by atomic mass is 32.2. The lowest BCUT2D eigenvalue weighted by Crippen LogP contribution is -2.33. The number of halogens is 4. The van der Waals surface area contributed by atoms with Gasteiger partial charge in [0.25, 0.3) is 0 Å². The molecule has 4 nitrogen and oxygen atoms in total. The average molecular weight is 272 g/mol. The van der Waals surface area contributed by atoms with E-state index in [1.165, 1.54) is 4.72 Å². The number of rotatable bonds is 3. The van der Waals surface area contributed by atoms with E-state index >= 15 is 0 Å². The minimum absolute atomic E-state index is 0.292. The van der Waals surface area contributed by atoms with E-state index in [1.54, 1.807) is 0 Å². The third kappa shape index (κ3) is 3.86. The number of benzene rings is 1. The molecule has 0 radical (unpaired) electrons. The minimum Gasteiger partial charge on any atom is -0.396 e. The van der Waals surface area contributed by atoms with Crippen molar-refractivity contribution in [3.63, 3.8) is 0 Å². The standard InChI is InChI=1S/C8H8F4N2O2S/c9-6-3-5(1-2-7(6)13)17(15,16)14-4-8(10,11)12/h1-3,14H,4,13H2. The van der Waals surface area contributed by atoms with Crippen LogP contribution in [0.1, 0.15) is 0 Å². The molecule has 0 spiro atoms. The van der Waals surface area contributed by atoms with Crippen LogP contribution >= 0.6 is 0 Å². The third-order valence-corrected chi connectivity index (χ3v) is 3.14. The number of hydrogen-bond donors (Lipinski definition) is 2. The highest BCUT2D eigenvalue weighted by molar-refractivity contribution is 7.89. The molecule has 0 heterocycles. The molecule has 0 amide bonds. The Balaban J connectivity index is 2.94. The fourth-order valence-corrected chi connectivity index (χ4v) is 1.96. The van der Waals surface area contributed by atoms with E-state index in [4.69, 9.17) is 5.73 Å². The van der Waals surface area contributed by atoms with E-state index in [0.29, 0.717) is 6.07 Å². The maximum absolute atomic E-state index is 12.9. The molecular formula is C8H8F4N2O2S. The first kappa shape index (κ1) is 13.7. The van der Waals surface area contributed by atoms with Gasteiger partial charge in [-0.1, -0.05) is 0 Å². The summed E-state index contributed by atoms with van der Waals surface area (Å²) in [6, 6.07) is 2.42. The predicted octanol–water partition coefficient (Wildman–Crippen LogP) is 1.25.